The number of ether oxygens (including phenoxy) is 1. The van der Waals surface area contributed by atoms with Crippen LogP contribution in [0.25, 0.3) is 0 Å². The van der Waals surface area contributed by atoms with Crippen molar-refractivity contribution in [2.24, 2.45) is 0 Å². The second-order valence-corrected chi connectivity index (χ2v) is 11.3. The van der Waals surface area contributed by atoms with Gasteiger partial charge >= 0.3 is 0 Å². The maximum Gasteiger partial charge on any atom is 0.187 e. The van der Waals surface area contributed by atoms with E-state index in [4.69, 9.17) is 16.3 Å². The molecule has 1 aliphatic rings. The van der Waals surface area contributed by atoms with E-state index >= 15 is 0 Å². The van der Waals surface area contributed by atoms with Crippen LogP contribution in [0.5, 0.6) is 5.75 Å². The molecule has 0 fully saturated rings. The predicted molar refractivity (Wildman–Crippen MR) is 126 cm³/mol. The summed E-state index contributed by atoms with van der Waals surface area (Å²) in [6.45, 7) is 2.69. The second-order valence-electron chi connectivity index (χ2n) is 6.90. The fraction of sp³-hybridized carbons (Fsp3) is 0.429. The molecule has 1 unspecified atom stereocenters. The fourth-order valence-corrected chi connectivity index (χ4v) is 6.15. The van der Waals surface area contributed by atoms with Crippen LogP contribution in [-0.4, -0.2) is 37.1 Å². The number of rotatable bonds is 7. The molecule has 2 atom stereocenters. The fourth-order valence-electron chi connectivity index (χ4n) is 2.87. The van der Waals surface area contributed by atoms with E-state index in [1.54, 1.807) is 18.2 Å². The van der Waals surface area contributed by atoms with E-state index in [0.29, 0.717) is 23.8 Å². The van der Waals surface area contributed by atoms with E-state index < -0.39 is 15.9 Å². The third kappa shape index (κ3) is 7.69. The minimum Gasteiger partial charge on any atom is -0.493 e. The molecule has 1 aliphatic heterocycles. The van der Waals surface area contributed by atoms with Crippen molar-refractivity contribution in [3.8, 4) is 5.75 Å². The first-order chi connectivity index (χ1) is 14.2. The topological polar surface area (TPSA) is 63.6 Å². The number of sulfone groups is 1. The number of benzene rings is 2. The van der Waals surface area contributed by atoms with Gasteiger partial charge in [-0.2, -0.15) is 0 Å². The Kier molecular flexibility index (Phi) is 10.4. The molecule has 4 nitrogen and oxygen atoms in total. The molecule has 0 aromatic heterocycles. The normalized spacial score (nSPS) is 14.2. The van der Waals surface area contributed by atoms with E-state index in [1.165, 1.54) is 30.0 Å². The second kappa shape index (κ2) is 12.3. The summed E-state index contributed by atoms with van der Waals surface area (Å²) in [6, 6.07) is 9.34. The highest BCUT2D eigenvalue weighted by molar-refractivity contribution is 8.12. The lowest BCUT2D eigenvalue weighted by atomic mass is 10.1. The van der Waals surface area contributed by atoms with Crippen LogP contribution in [0.15, 0.2) is 41.3 Å². The van der Waals surface area contributed by atoms with Crippen molar-refractivity contribution in [3.05, 3.63) is 52.8 Å². The van der Waals surface area contributed by atoms with Gasteiger partial charge in [0.25, 0.3) is 0 Å². The van der Waals surface area contributed by atoms with Gasteiger partial charge in [-0.05, 0) is 55.7 Å². The smallest absolute Gasteiger partial charge is 0.187 e. The maximum absolute atomic E-state index is 13.2. The summed E-state index contributed by atoms with van der Waals surface area (Å²) in [6.07, 6.45) is 2.88. The van der Waals surface area contributed by atoms with E-state index in [1.807, 2.05) is 6.92 Å². The van der Waals surface area contributed by atoms with Crippen LogP contribution in [0.4, 0.5) is 4.39 Å². The first kappa shape index (κ1) is 25.4. The molecule has 2 aromatic carbocycles. The minimum atomic E-state index is -3.29. The standard InChI is InChI=1S/C12H17ClO3S2.C9H10FOP/c1-2-3-11(14)8-17-9-18(15,16)12-6-4-10(13)5-7-12;10-7-3-4-8(12)9-6(7)2-1-5-11-9/h4-7,11,14H,2-3,8-9H2,1H3;3-4H,1-2,5,12H2/t11-;/m1./s1. The lowest BCUT2D eigenvalue weighted by Gasteiger charge is -2.19. The largest absolute Gasteiger partial charge is 0.493 e. The zero-order valence-corrected chi connectivity index (χ0v) is 20.4. The highest BCUT2D eigenvalue weighted by atomic mass is 35.5. The third-order valence-electron chi connectivity index (χ3n) is 4.39. The van der Waals surface area contributed by atoms with Crippen LogP contribution >= 0.6 is 32.6 Å². The molecule has 0 radical (unpaired) electrons. The molecule has 3 rings (SSSR count). The van der Waals surface area contributed by atoms with Gasteiger partial charge in [-0.3, -0.25) is 0 Å². The van der Waals surface area contributed by atoms with Crippen LogP contribution < -0.4 is 10.0 Å². The Hall–Kier alpha value is -0.850. The number of aliphatic hydroxyl groups is 1. The van der Waals surface area contributed by atoms with Gasteiger partial charge in [-0.15, -0.1) is 21.0 Å². The summed E-state index contributed by atoms with van der Waals surface area (Å²) >= 11 is 6.95. The Morgan fingerprint density at radius 3 is 2.60 bits per heavy atom. The van der Waals surface area contributed by atoms with Crippen molar-refractivity contribution >= 4 is 47.7 Å². The molecule has 2 aromatic rings. The SMILES string of the molecule is CCC[C@@H](O)CSCS(=O)(=O)c1ccc(Cl)cc1.Fc1ccc(P)c2c1CCCO2. The lowest BCUT2D eigenvalue weighted by Crippen LogP contribution is -2.15. The summed E-state index contributed by atoms with van der Waals surface area (Å²) in [5, 5.41) is 11.0. The molecule has 9 heteroatoms. The van der Waals surface area contributed by atoms with E-state index in [2.05, 4.69) is 9.24 Å². The molecule has 0 bridgehead atoms. The van der Waals surface area contributed by atoms with Crippen LogP contribution in [0.1, 0.15) is 31.7 Å². The summed E-state index contributed by atoms with van der Waals surface area (Å²) in [5.41, 5.74) is 0.730. The van der Waals surface area contributed by atoms with Gasteiger partial charge in [0.1, 0.15) is 16.7 Å². The lowest BCUT2D eigenvalue weighted by molar-refractivity contribution is 0.188. The first-order valence-corrected chi connectivity index (χ1v) is 13.4. The quantitative estimate of drug-likeness (QED) is 0.571. The zero-order valence-electron chi connectivity index (χ0n) is 16.8. The molecule has 166 valence electrons. The highest BCUT2D eigenvalue weighted by Gasteiger charge is 2.17. The third-order valence-corrected chi connectivity index (χ3v) is 8.62. The van der Waals surface area contributed by atoms with Gasteiger partial charge in [-0.1, -0.05) is 24.9 Å². The molecule has 1 heterocycles. The van der Waals surface area contributed by atoms with Gasteiger partial charge in [-0.25, -0.2) is 12.8 Å². The number of thioether (sulfide) groups is 1. The highest BCUT2D eigenvalue weighted by Crippen LogP contribution is 2.26. The van der Waals surface area contributed by atoms with Crippen molar-refractivity contribution in [3.63, 3.8) is 0 Å². The molecule has 30 heavy (non-hydrogen) atoms. The maximum atomic E-state index is 13.2. The summed E-state index contributed by atoms with van der Waals surface area (Å²) in [7, 11) is -0.735. The Balaban J connectivity index is 0.000000230. The number of hydrogen-bond donors (Lipinski definition) is 1. The molecular weight excluding hydrogens is 466 g/mol. The molecule has 0 saturated heterocycles. The minimum absolute atomic E-state index is 0.0184. The van der Waals surface area contributed by atoms with Crippen molar-refractivity contribution in [2.75, 3.05) is 17.4 Å². The zero-order chi connectivity index (χ0) is 22.1. The van der Waals surface area contributed by atoms with Gasteiger partial charge in [0.15, 0.2) is 9.84 Å². The number of aliphatic hydroxyl groups excluding tert-OH is 1. The predicted octanol–water partition coefficient (Wildman–Crippen LogP) is 4.62. The van der Waals surface area contributed by atoms with Crippen molar-refractivity contribution in [1.29, 1.82) is 0 Å². The van der Waals surface area contributed by atoms with Gasteiger partial charge in [0.05, 0.1) is 17.6 Å². The average Bonchev–Trinajstić information content (AvgIpc) is 2.72. The first-order valence-electron chi connectivity index (χ1n) is 9.68. The van der Waals surface area contributed by atoms with Gasteiger partial charge in [0, 0.05) is 21.6 Å². The van der Waals surface area contributed by atoms with E-state index in [9.17, 15) is 17.9 Å². The van der Waals surface area contributed by atoms with Crippen LogP contribution in [-0.2, 0) is 16.3 Å². The van der Waals surface area contributed by atoms with Crippen molar-refractivity contribution in [1.82, 2.24) is 0 Å². The molecule has 0 aliphatic carbocycles. The van der Waals surface area contributed by atoms with Crippen molar-refractivity contribution in [2.45, 2.75) is 43.6 Å². The van der Waals surface area contributed by atoms with Crippen LogP contribution in [0.3, 0.4) is 0 Å². The van der Waals surface area contributed by atoms with E-state index in [0.717, 1.165) is 35.9 Å². The number of fused-ring (bicyclic) bond motifs is 1. The molecule has 0 amide bonds. The summed E-state index contributed by atoms with van der Waals surface area (Å²) in [5.74, 6) is 1.03. The van der Waals surface area contributed by atoms with Crippen LogP contribution in [0, 0.1) is 5.82 Å². The molecule has 0 saturated carbocycles. The molecular formula is C21H27ClFO4PS2. The van der Waals surface area contributed by atoms with Gasteiger partial charge in [0.2, 0.25) is 0 Å². The average molecular weight is 493 g/mol. The van der Waals surface area contributed by atoms with E-state index in [-0.39, 0.29) is 15.8 Å². The number of halogens is 2. The van der Waals surface area contributed by atoms with Crippen molar-refractivity contribution < 1.29 is 22.7 Å². The summed E-state index contributed by atoms with van der Waals surface area (Å²) in [4.78, 5) is 0.268. The Labute approximate surface area is 189 Å². The Morgan fingerprint density at radius 1 is 1.27 bits per heavy atom. The Bertz CT molecular complexity index is 892. The molecule has 1 N–H and O–H groups in total. The number of hydrogen-bond acceptors (Lipinski definition) is 5. The Morgan fingerprint density at radius 2 is 1.97 bits per heavy atom. The monoisotopic (exact) mass is 492 g/mol. The molecule has 0 spiro atoms. The van der Waals surface area contributed by atoms with Gasteiger partial charge < -0.3 is 9.84 Å². The van der Waals surface area contributed by atoms with Crippen LogP contribution in [0.2, 0.25) is 5.02 Å². The summed E-state index contributed by atoms with van der Waals surface area (Å²) < 4.78 is 42.4.